The Labute approximate surface area is 193 Å². The first kappa shape index (κ1) is 24.6. The number of carbonyl (C=O) groups excluding carboxylic acids is 2. The van der Waals surface area contributed by atoms with Crippen molar-refractivity contribution < 1.29 is 9.59 Å². The highest BCUT2D eigenvalue weighted by Crippen LogP contribution is 2.24. The van der Waals surface area contributed by atoms with Gasteiger partial charge in [-0.25, -0.2) is 0 Å². The van der Waals surface area contributed by atoms with Crippen LogP contribution in [0.25, 0.3) is 0 Å². The number of amides is 2. The number of thioether (sulfide) groups is 1. The molecule has 0 radical (unpaired) electrons. The van der Waals surface area contributed by atoms with Crippen LogP contribution in [0.4, 0.5) is 0 Å². The number of carbonyl (C=O) groups is 2. The van der Waals surface area contributed by atoms with Gasteiger partial charge in [-0.05, 0) is 50.1 Å². The summed E-state index contributed by atoms with van der Waals surface area (Å²) in [6, 6.07) is 12.8. The fourth-order valence-corrected chi connectivity index (χ4v) is 4.16. The molecule has 2 rings (SSSR count). The molecular weight excluding hydrogens is 439 g/mol. The lowest BCUT2D eigenvalue weighted by atomic mass is 10.1. The van der Waals surface area contributed by atoms with Crippen molar-refractivity contribution in [3.63, 3.8) is 0 Å². The molecule has 0 fully saturated rings. The van der Waals surface area contributed by atoms with E-state index >= 15 is 0 Å². The van der Waals surface area contributed by atoms with Gasteiger partial charge in [0.2, 0.25) is 11.8 Å². The van der Waals surface area contributed by atoms with Crippen LogP contribution in [0.1, 0.15) is 37.8 Å². The first-order valence-corrected chi connectivity index (χ1v) is 11.8. The summed E-state index contributed by atoms with van der Waals surface area (Å²) >= 11 is 13.9. The number of hydrogen-bond donors (Lipinski definition) is 1. The van der Waals surface area contributed by atoms with E-state index in [2.05, 4.69) is 29.6 Å². The van der Waals surface area contributed by atoms with Crippen LogP contribution in [0.15, 0.2) is 47.4 Å². The van der Waals surface area contributed by atoms with Gasteiger partial charge in [0.15, 0.2) is 0 Å². The molecule has 7 heteroatoms. The highest BCUT2D eigenvalue weighted by atomic mass is 35.5. The second-order valence-corrected chi connectivity index (χ2v) is 9.15. The summed E-state index contributed by atoms with van der Waals surface area (Å²) in [5, 5.41) is 3.89. The van der Waals surface area contributed by atoms with Gasteiger partial charge < -0.3 is 10.2 Å². The molecule has 0 heterocycles. The Morgan fingerprint density at radius 3 is 2.47 bits per heavy atom. The highest BCUT2D eigenvalue weighted by molar-refractivity contribution is 7.99. The summed E-state index contributed by atoms with van der Waals surface area (Å²) in [6.07, 6.45) is 1.16. The van der Waals surface area contributed by atoms with Crippen molar-refractivity contribution in [2.24, 2.45) is 0 Å². The maximum Gasteiger partial charge on any atom is 0.242 e. The van der Waals surface area contributed by atoms with E-state index in [1.807, 2.05) is 13.8 Å². The van der Waals surface area contributed by atoms with E-state index in [-0.39, 0.29) is 18.4 Å². The number of halogens is 2. The lowest BCUT2D eigenvalue weighted by Crippen LogP contribution is -2.47. The normalized spacial score (nSPS) is 11.8. The molecule has 0 aliphatic carbocycles. The van der Waals surface area contributed by atoms with Gasteiger partial charge in [-0.2, -0.15) is 0 Å². The smallest absolute Gasteiger partial charge is 0.242 e. The maximum atomic E-state index is 13.1. The highest BCUT2D eigenvalue weighted by Gasteiger charge is 2.26. The molecule has 2 amide bonds. The molecule has 0 aliphatic heterocycles. The van der Waals surface area contributed by atoms with Gasteiger partial charge in [0.25, 0.3) is 0 Å². The molecule has 1 unspecified atom stereocenters. The summed E-state index contributed by atoms with van der Waals surface area (Å²) < 4.78 is 0. The lowest BCUT2D eigenvalue weighted by molar-refractivity contribution is -0.140. The van der Waals surface area contributed by atoms with Crippen molar-refractivity contribution in [2.75, 3.05) is 12.3 Å². The van der Waals surface area contributed by atoms with Crippen molar-refractivity contribution in [3.05, 3.63) is 63.6 Å². The van der Waals surface area contributed by atoms with Gasteiger partial charge in [-0.3, -0.25) is 9.59 Å². The predicted octanol–water partition coefficient (Wildman–Crippen LogP) is 5.73. The van der Waals surface area contributed by atoms with E-state index in [1.54, 1.807) is 41.8 Å². The molecule has 0 spiro atoms. The first-order chi connectivity index (χ1) is 14.3. The molecule has 2 aromatic rings. The Hall–Kier alpha value is -1.69. The number of rotatable bonds is 10. The van der Waals surface area contributed by atoms with E-state index in [0.29, 0.717) is 28.8 Å². The van der Waals surface area contributed by atoms with Gasteiger partial charge >= 0.3 is 0 Å². The molecule has 162 valence electrons. The predicted molar refractivity (Wildman–Crippen MR) is 126 cm³/mol. The quantitative estimate of drug-likeness (QED) is 0.454. The fourth-order valence-electron chi connectivity index (χ4n) is 2.85. The van der Waals surface area contributed by atoms with Crippen molar-refractivity contribution >= 4 is 46.8 Å². The molecule has 1 N–H and O–H groups in total. The van der Waals surface area contributed by atoms with Gasteiger partial charge in [0.1, 0.15) is 6.04 Å². The zero-order valence-electron chi connectivity index (χ0n) is 17.6. The minimum Gasteiger partial charge on any atom is -0.354 e. The average molecular weight is 467 g/mol. The molecule has 0 saturated heterocycles. The summed E-state index contributed by atoms with van der Waals surface area (Å²) in [6.45, 7) is 6.62. The standard InChI is InChI=1S/C23H28Cl2N2O2S/c1-4-12-26-23(29)17(3)27(15-18-7-8-19(24)14-21(18)25)22(28)11-13-30-20-9-5-16(2)6-10-20/h5-10,14,17H,4,11-13,15H2,1-3H3,(H,26,29). The van der Waals surface area contributed by atoms with Crippen LogP contribution in [0.2, 0.25) is 10.0 Å². The number of aryl methyl sites for hydroxylation is 1. The van der Waals surface area contributed by atoms with E-state index in [4.69, 9.17) is 23.2 Å². The van der Waals surface area contributed by atoms with Gasteiger partial charge in [-0.1, -0.05) is 53.9 Å². The van der Waals surface area contributed by atoms with Crippen molar-refractivity contribution in [3.8, 4) is 0 Å². The van der Waals surface area contributed by atoms with E-state index in [1.165, 1.54) is 5.56 Å². The Morgan fingerprint density at radius 2 is 1.83 bits per heavy atom. The SMILES string of the molecule is CCCNC(=O)C(C)N(Cc1ccc(Cl)cc1Cl)C(=O)CCSc1ccc(C)cc1. The van der Waals surface area contributed by atoms with Gasteiger partial charge in [-0.15, -0.1) is 11.8 Å². The Balaban J connectivity index is 2.09. The lowest BCUT2D eigenvalue weighted by Gasteiger charge is -2.29. The van der Waals surface area contributed by atoms with Crippen LogP contribution < -0.4 is 5.32 Å². The minimum atomic E-state index is -0.597. The van der Waals surface area contributed by atoms with E-state index in [0.717, 1.165) is 16.9 Å². The molecule has 0 aliphatic rings. The fraction of sp³-hybridized carbons (Fsp3) is 0.391. The molecule has 2 aromatic carbocycles. The molecule has 4 nitrogen and oxygen atoms in total. The van der Waals surface area contributed by atoms with Crippen molar-refractivity contribution in [1.82, 2.24) is 10.2 Å². The molecule has 1 atom stereocenters. The topological polar surface area (TPSA) is 49.4 Å². The average Bonchev–Trinajstić information content (AvgIpc) is 2.72. The van der Waals surface area contributed by atoms with Crippen LogP contribution in [0.3, 0.4) is 0 Å². The monoisotopic (exact) mass is 466 g/mol. The van der Waals surface area contributed by atoms with Crippen LogP contribution in [0.5, 0.6) is 0 Å². The third kappa shape index (κ3) is 7.53. The molecule has 30 heavy (non-hydrogen) atoms. The zero-order chi connectivity index (χ0) is 22.1. The zero-order valence-corrected chi connectivity index (χ0v) is 19.9. The van der Waals surface area contributed by atoms with E-state index in [9.17, 15) is 9.59 Å². The molecule has 0 saturated carbocycles. The van der Waals surface area contributed by atoms with Crippen LogP contribution >= 0.6 is 35.0 Å². The molecule has 0 bridgehead atoms. The number of nitrogens with one attached hydrogen (secondary N) is 1. The second kappa shape index (κ2) is 12.2. The summed E-state index contributed by atoms with van der Waals surface area (Å²) in [5.41, 5.74) is 1.96. The van der Waals surface area contributed by atoms with E-state index < -0.39 is 6.04 Å². The first-order valence-electron chi connectivity index (χ1n) is 10.0. The summed E-state index contributed by atoms with van der Waals surface area (Å²) in [7, 11) is 0. The summed E-state index contributed by atoms with van der Waals surface area (Å²) in [4.78, 5) is 28.3. The van der Waals surface area contributed by atoms with Gasteiger partial charge in [0, 0.05) is 40.2 Å². The molecular formula is C23H28Cl2N2O2S. The second-order valence-electron chi connectivity index (χ2n) is 7.14. The minimum absolute atomic E-state index is 0.0835. The largest absolute Gasteiger partial charge is 0.354 e. The number of hydrogen-bond acceptors (Lipinski definition) is 3. The van der Waals surface area contributed by atoms with Crippen molar-refractivity contribution in [2.45, 2.75) is 51.1 Å². The third-order valence-electron chi connectivity index (χ3n) is 4.68. The number of nitrogens with zero attached hydrogens (tertiary/aromatic N) is 1. The number of benzene rings is 2. The Bertz CT molecular complexity index is 859. The Kier molecular flexibility index (Phi) is 10.0. The summed E-state index contributed by atoms with van der Waals surface area (Å²) in [5.74, 6) is 0.386. The maximum absolute atomic E-state index is 13.1. The van der Waals surface area contributed by atoms with Crippen LogP contribution in [0, 0.1) is 6.92 Å². The van der Waals surface area contributed by atoms with Crippen molar-refractivity contribution in [1.29, 1.82) is 0 Å². The molecule has 0 aromatic heterocycles. The van der Waals surface area contributed by atoms with Gasteiger partial charge in [0.05, 0.1) is 0 Å². The van der Waals surface area contributed by atoms with Crippen LogP contribution in [-0.2, 0) is 16.1 Å². The third-order valence-corrected chi connectivity index (χ3v) is 6.28. The van der Waals surface area contributed by atoms with Crippen LogP contribution in [-0.4, -0.2) is 35.1 Å². The Morgan fingerprint density at radius 1 is 1.13 bits per heavy atom.